The van der Waals surface area contributed by atoms with Crippen molar-refractivity contribution in [3.05, 3.63) is 99.5 Å². The van der Waals surface area contributed by atoms with Gasteiger partial charge in [0, 0.05) is 30.2 Å². The Morgan fingerprint density at radius 3 is 2.24 bits per heavy atom. The summed E-state index contributed by atoms with van der Waals surface area (Å²) < 4.78 is 30.3. The second kappa shape index (κ2) is 13.1. The Morgan fingerprint density at radius 2 is 1.66 bits per heavy atom. The SMILES string of the molecule is COc1ccc(CN(C(=O)CN(C)S(C)(=O)=O)[C@H](C(=O)NCc2ccc(Cl)cc2Cl)c2ccccc2)cc1. The Bertz CT molecular complexity index is 1370. The molecule has 202 valence electrons. The number of ether oxygens (including phenoxy) is 1. The number of rotatable bonds is 11. The number of methoxy groups -OCH3 is 1. The number of likely N-dealkylation sites (N-methyl/N-ethyl adjacent to an activating group) is 1. The third-order valence-electron chi connectivity index (χ3n) is 5.90. The van der Waals surface area contributed by atoms with Gasteiger partial charge in [-0.15, -0.1) is 0 Å². The molecule has 0 aliphatic carbocycles. The van der Waals surface area contributed by atoms with Crippen molar-refractivity contribution in [1.82, 2.24) is 14.5 Å². The van der Waals surface area contributed by atoms with Crippen molar-refractivity contribution in [2.45, 2.75) is 19.1 Å². The van der Waals surface area contributed by atoms with Crippen LogP contribution in [0.4, 0.5) is 0 Å². The predicted molar refractivity (Wildman–Crippen MR) is 149 cm³/mol. The van der Waals surface area contributed by atoms with Crippen molar-refractivity contribution < 1.29 is 22.7 Å². The average Bonchev–Trinajstić information content (AvgIpc) is 2.88. The normalized spacial score (nSPS) is 12.2. The largest absolute Gasteiger partial charge is 0.497 e. The quantitative estimate of drug-likeness (QED) is 0.367. The summed E-state index contributed by atoms with van der Waals surface area (Å²) in [6.45, 7) is -0.282. The molecule has 0 radical (unpaired) electrons. The zero-order valence-corrected chi connectivity index (χ0v) is 23.6. The molecular formula is C27H29Cl2N3O5S. The van der Waals surface area contributed by atoms with Crippen molar-refractivity contribution in [2.24, 2.45) is 0 Å². The van der Waals surface area contributed by atoms with Gasteiger partial charge in [-0.1, -0.05) is 71.7 Å². The number of benzene rings is 3. The Hall–Kier alpha value is -3.11. The second-order valence-corrected chi connectivity index (χ2v) is 11.6. The third kappa shape index (κ3) is 7.94. The van der Waals surface area contributed by atoms with E-state index >= 15 is 0 Å². The summed E-state index contributed by atoms with van der Waals surface area (Å²) in [5.74, 6) is -0.353. The summed E-state index contributed by atoms with van der Waals surface area (Å²) in [5.41, 5.74) is 1.95. The van der Waals surface area contributed by atoms with Crippen LogP contribution in [0, 0.1) is 0 Å². The number of carbonyl (C=O) groups is 2. The van der Waals surface area contributed by atoms with Crippen LogP contribution >= 0.6 is 23.2 Å². The van der Waals surface area contributed by atoms with E-state index in [1.807, 2.05) is 0 Å². The molecule has 0 aliphatic heterocycles. The summed E-state index contributed by atoms with van der Waals surface area (Å²) in [7, 11) is -0.767. The van der Waals surface area contributed by atoms with Gasteiger partial charge in [0.1, 0.15) is 11.8 Å². The molecule has 8 nitrogen and oxygen atoms in total. The molecule has 0 bridgehead atoms. The summed E-state index contributed by atoms with van der Waals surface area (Å²) in [6, 6.07) is 19.8. The van der Waals surface area contributed by atoms with Gasteiger partial charge in [0.2, 0.25) is 21.8 Å². The van der Waals surface area contributed by atoms with Crippen LogP contribution in [0.5, 0.6) is 5.75 Å². The fourth-order valence-corrected chi connectivity index (χ4v) is 4.52. The number of carbonyl (C=O) groups excluding carboxylic acids is 2. The van der Waals surface area contributed by atoms with Crippen molar-refractivity contribution in [1.29, 1.82) is 0 Å². The van der Waals surface area contributed by atoms with E-state index in [0.29, 0.717) is 26.9 Å². The highest BCUT2D eigenvalue weighted by Crippen LogP contribution is 2.26. The van der Waals surface area contributed by atoms with Crippen molar-refractivity contribution in [3.8, 4) is 5.75 Å². The molecule has 0 spiro atoms. The predicted octanol–water partition coefficient (Wildman–Crippen LogP) is 4.28. The molecule has 0 aliphatic rings. The molecule has 0 saturated heterocycles. The zero-order valence-electron chi connectivity index (χ0n) is 21.2. The van der Waals surface area contributed by atoms with Crippen LogP contribution in [0.3, 0.4) is 0 Å². The number of nitrogens with one attached hydrogen (secondary N) is 1. The first-order valence-corrected chi connectivity index (χ1v) is 14.2. The van der Waals surface area contributed by atoms with Gasteiger partial charge in [0.15, 0.2) is 0 Å². The minimum Gasteiger partial charge on any atom is -0.497 e. The standard InChI is InChI=1S/C27H29Cl2N3O5S/c1-31(38(3,35)36)18-25(33)32(17-19-9-13-23(37-2)14-10-19)26(20-7-5-4-6-8-20)27(34)30-16-21-11-12-22(28)15-24(21)29/h4-15,26H,16-18H2,1-3H3,(H,30,34)/t26-/m0/s1. The van der Waals surface area contributed by atoms with Crippen molar-refractivity contribution in [3.63, 3.8) is 0 Å². The van der Waals surface area contributed by atoms with E-state index in [9.17, 15) is 18.0 Å². The first-order chi connectivity index (χ1) is 18.0. The minimum atomic E-state index is -3.64. The van der Waals surface area contributed by atoms with E-state index in [-0.39, 0.29) is 13.1 Å². The molecule has 0 saturated carbocycles. The van der Waals surface area contributed by atoms with Gasteiger partial charge < -0.3 is 15.0 Å². The fraction of sp³-hybridized carbons (Fsp3) is 0.259. The summed E-state index contributed by atoms with van der Waals surface area (Å²) >= 11 is 12.3. The van der Waals surface area contributed by atoms with Crippen LogP contribution in [0.15, 0.2) is 72.8 Å². The monoisotopic (exact) mass is 577 g/mol. The lowest BCUT2D eigenvalue weighted by Gasteiger charge is -2.32. The van der Waals surface area contributed by atoms with Gasteiger partial charge in [-0.3, -0.25) is 9.59 Å². The topological polar surface area (TPSA) is 96.0 Å². The highest BCUT2D eigenvalue weighted by atomic mass is 35.5. The van der Waals surface area contributed by atoms with E-state index in [0.717, 1.165) is 16.1 Å². The van der Waals surface area contributed by atoms with Gasteiger partial charge in [-0.25, -0.2) is 8.42 Å². The smallest absolute Gasteiger partial charge is 0.247 e. The van der Waals surface area contributed by atoms with Gasteiger partial charge in [-0.05, 0) is 41.0 Å². The molecule has 2 amide bonds. The molecule has 11 heteroatoms. The van der Waals surface area contributed by atoms with Gasteiger partial charge in [0.05, 0.1) is 19.9 Å². The van der Waals surface area contributed by atoms with Crippen LogP contribution in [0.2, 0.25) is 10.0 Å². The Morgan fingerprint density at radius 1 is 1.00 bits per heavy atom. The molecule has 1 N–H and O–H groups in total. The lowest BCUT2D eigenvalue weighted by molar-refractivity contribution is -0.141. The third-order valence-corrected chi connectivity index (χ3v) is 7.75. The number of amides is 2. The van der Waals surface area contributed by atoms with E-state index in [2.05, 4.69) is 5.32 Å². The van der Waals surface area contributed by atoms with E-state index in [1.54, 1.807) is 79.9 Å². The van der Waals surface area contributed by atoms with Crippen molar-refractivity contribution in [2.75, 3.05) is 27.0 Å². The average molecular weight is 579 g/mol. The molecule has 0 unspecified atom stereocenters. The molecule has 3 rings (SSSR count). The second-order valence-electron chi connectivity index (χ2n) is 8.66. The lowest BCUT2D eigenvalue weighted by atomic mass is 10.0. The summed E-state index contributed by atoms with van der Waals surface area (Å²) in [5, 5.41) is 3.74. The maximum Gasteiger partial charge on any atom is 0.247 e. The van der Waals surface area contributed by atoms with Gasteiger partial charge >= 0.3 is 0 Å². The van der Waals surface area contributed by atoms with Crippen molar-refractivity contribution >= 4 is 45.0 Å². The number of nitrogens with zero attached hydrogens (tertiary/aromatic N) is 2. The van der Waals surface area contributed by atoms with E-state index < -0.39 is 34.4 Å². The molecule has 3 aromatic carbocycles. The minimum absolute atomic E-state index is 0.0507. The molecule has 0 heterocycles. The highest BCUT2D eigenvalue weighted by molar-refractivity contribution is 7.88. The molecule has 1 atom stereocenters. The van der Waals surface area contributed by atoms with Crippen LogP contribution in [-0.2, 0) is 32.7 Å². The molecule has 3 aromatic rings. The maximum absolute atomic E-state index is 13.7. The zero-order chi connectivity index (χ0) is 27.9. The van der Waals surface area contributed by atoms with E-state index in [4.69, 9.17) is 27.9 Å². The fourth-order valence-electron chi connectivity index (χ4n) is 3.70. The van der Waals surface area contributed by atoms with Gasteiger partial charge in [0.25, 0.3) is 0 Å². The number of halogens is 2. The Balaban J connectivity index is 1.98. The van der Waals surface area contributed by atoms with Crippen LogP contribution in [0.25, 0.3) is 0 Å². The highest BCUT2D eigenvalue weighted by Gasteiger charge is 2.33. The summed E-state index contributed by atoms with van der Waals surface area (Å²) in [4.78, 5) is 28.7. The number of hydrogen-bond acceptors (Lipinski definition) is 5. The van der Waals surface area contributed by atoms with Gasteiger partial charge in [-0.2, -0.15) is 4.31 Å². The molecule has 38 heavy (non-hydrogen) atoms. The maximum atomic E-state index is 13.7. The Labute approximate surface area is 233 Å². The van der Waals surface area contributed by atoms with E-state index in [1.165, 1.54) is 11.9 Å². The first kappa shape index (κ1) is 29.4. The summed E-state index contributed by atoms with van der Waals surface area (Å²) in [6.07, 6.45) is 1.02. The molecular weight excluding hydrogens is 549 g/mol. The number of sulfonamides is 1. The van der Waals surface area contributed by atoms with Crippen LogP contribution < -0.4 is 10.1 Å². The molecule has 0 fully saturated rings. The van der Waals surface area contributed by atoms with Crippen LogP contribution in [0.1, 0.15) is 22.7 Å². The Kier molecular flexibility index (Phi) is 10.2. The number of hydrogen-bond donors (Lipinski definition) is 1. The first-order valence-electron chi connectivity index (χ1n) is 11.6. The van der Waals surface area contributed by atoms with Crippen LogP contribution in [-0.4, -0.2) is 56.4 Å². The molecule has 0 aromatic heterocycles. The lowest BCUT2D eigenvalue weighted by Crippen LogP contribution is -2.47.